The SMILES string of the molecule is CCc1ccc(C2CN(C(=O)c3ccc4c(=O)[nH][nH]c4c3)CCN2)cc1.O=C(O)C(F)(F)F. The van der Waals surface area contributed by atoms with Crippen LogP contribution in [-0.4, -0.2) is 57.9 Å². The molecule has 1 amide bonds. The van der Waals surface area contributed by atoms with Crippen molar-refractivity contribution in [2.75, 3.05) is 19.6 Å². The van der Waals surface area contributed by atoms with E-state index in [1.165, 1.54) is 11.1 Å². The number of H-pyrrole nitrogens is 2. The van der Waals surface area contributed by atoms with E-state index in [1.54, 1.807) is 18.2 Å². The lowest BCUT2D eigenvalue weighted by Gasteiger charge is -2.34. The summed E-state index contributed by atoms with van der Waals surface area (Å²) >= 11 is 0. The molecule has 1 aliphatic rings. The fraction of sp³-hybridized carbons (Fsp3) is 0.318. The molecule has 0 spiro atoms. The van der Waals surface area contributed by atoms with Crippen molar-refractivity contribution < 1.29 is 27.9 Å². The second kappa shape index (κ2) is 9.90. The highest BCUT2D eigenvalue weighted by Gasteiger charge is 2.38. The Labute approximate surface area is 186 Å². The molecule has 11 heteroatoms. The summed E-state index contributed by atoms with van der Waals surface area (Å²) in [5.74, 6) is -2.77. The van der Waals surface area contributed by atoms with Crippen molar-refractivity contribution in [1.82, 2.24) is 20.4 Å². The van der Waals surface area contributed by atoms with Gasteiger partial charge >= 0.3 is 12.1 Å². The molecule has 33 heavy (non-hydrogen) atoms. The third-order valence-electron chi connectivity index (χ3n) is 5.32. The number of carbonyl (C=O) groups excluding carboxylic acids is 1. The van der Waals surface area contributed by atoms with Crippen LogP contribution in [0.1, 0.15) is 34.5 Å². The number of carbonyl (C=O) groups is 2. The van der Waals surface area contributed by atoms with Crippen molar-refractivity contribution >= 4 is 22.8 Å². The Hall–Kier alpha value is -3.60. The highest BCUT2D eigenvalue weighted by Crippen LogP contribution is 2.20. The number of aryl methyl sites for hydroxylation is 1. The maximum atomic E-state index is 12.9. The highest BCUT2D eigenvalue weighted by molar-refractivity contribution is 5.97. The number of nitrogens with zero attached hydrogens (tertiary/aromatic N) is 1. The molecule has 1 atom stereocenters. The second-order valence-electron chi connectivity index (χ2n) is 7.50. The van der Waals surface area contributed by atoms with Gasteiger partial charge in [0.15, 0.2) is 0 Å². The van der Waals surface area contributed by atoms with E-state index in [-0.39, 0.29) is 17.5 Å². The molecule has 0 aliphatic carbocycles. The van der Waals surface area contributed by atoms with E-state index in [2.05, 4.69) is 46.7 Å². The topological polar surface area (TPSA) is 118 Å². The molecule has 3 aromatic rings. The molecule has 8 nitrogen and oxygen atoms in total. The summed E-state index contributed by atoms with van der Waals surface area (Å²) in [6.07, 6.45) is -4.06. The Morgan fingerprint density at radius 3 is 2.39 bits per heavy atom. The van der Waals surface area contributed by atoms with Crippen LogP contribution >= 0.6 is 0 Å². The van der Waals surface area contributed by atoms with E-state index >= 15 is 0 Å². The normalized spacial score (nSPS) is 16.2. The molecule has 4 rings (SSSR count). The molecule has 176 valence electrons. The Morgan fingerprint density at radius 2 is 1.79 bits per heavy atom. The first kappa shape index (κ1) is 24.1. The Balaban J connectivity index is 0.000000383. The van der Waals surface area contributed by atoms with Gasteiger partial charge < -0.3 is 15.3 Å². The summed E-state index contributed by atoms with van der Waals surface area (Å²) in [7, 11) is 0. The van der Waals surface area contributed by atoms with Crippen LogP contribution in [0.3, 0.4) is 0 Å². The van der Waals surface area contributed by atoms with E-state index in [0.717, 1.165) is 13.0 Å². The lowest BCUT2D eigenvalue weighted by Crippen LogP contribution is -2.48. The molecule has 2 aromatic carbocycles. The fourth-order valence-electron chi connectivity index (χ4n) is 3.50. The van der Waals surface area contributed by atoms with Crippen LogP contribution in [-0.2, 0) is 11.2 Å². The number of rotatable bonds is 3. The number of nitrogens with one attached hydrogen (secondary N) is 3. The maximum absolute atomic E-state index is 12.9. The van der Waals surface area contributed by atoms with Gasteiger partial charge in [-0.3, -0.25) is 19.8 Å². The monoisotopic (exact) mass is 464 g/mol. The standard InChI is InChI=1S/C20H22N4O2.C2HF3O2/c1-2-13-3-5-14(6-4-13)18-12-24(10-9-21-18)20(26)15-7-8-16-17(11-15)22-23-19(16)25;3-2(4,5)1(6)7/h3-8,11,18,21H,2,9-10,12H2,1H3,(H2,22,23,25);(H,6,7). The van der Waals surface area contributed by atoms with E-state index in [9.17, 15) is 22.8 Å². The van der Waals surface area contributed by atoms with Crippen LogP contribution in [0, 0.1) is 0 Å². The van der Waals surface area contributed by atoms with Crippen LogP contribution in [0.15, 0.2) is 47.3 Å². The highest BCUT2D eigenvalue weighted by atomic mass is 19.4. The predicted molar refractivity (Wildman–Crippen MR) is 115 cm³/mol. The number of hydrogen-bond acceptors (Lipinski definition) is 4. The molecular weight excluding hydrogens is 441 g/mol. The number of hydrogen-bond donors (Lipinski definition) is 4. The third kappa shape index (κ3) is 5.80. The number of amides is 1. The number of aromatic nitrogens is 2. The van der Waals surface area contributed by atoms with Crippen LogP contribution < -0.4 is 10.9 Å². The number of fused-ring (bicyclic) bond motifs is 1. The summed E-state index contributed by atoms with van der Waals surface area (Å²) in [5, 5.41) is 16.5. The number of halogens is 3. The van der Waals surface area contributed by atoms with Crippen LogP contribution in [0.25, 0.3) is 10.9 Å². The molecule has 1 saturated heterocycles. The minimum atomic E-state index is -5.08. The number of aromatic amines is 2. The molecule has 0 radical (unpaired) electrons. The summed E-state index contributed by atoms with van der Waals surface area (Å²) in [5.41, 5.74) is 3.59. The van der Waals surface area contributed by atoms with Crippen LogP contribution in [0.2, 0.25) is 0 Å². The minimum Gasteiger partial charge on any atom is -0.475 e. The van der Waals surface area contributed by atoms with E-state index in [1.807, 2.05) is 4.90 Å². The van der Waals surface area contributed by atoms with Crippen LogP contribution in [0.4, 0.5) is 13.2 Å². The van der Waals surface area contributed by atoms with Gasteiger partial charge in [0.05, 0.1) is 10.9 Å². The number of carboxylic acid groups (broad SMARTS) is 1. The van der Waals surface area contributed by atoms with Crippen molar-refractivity contribution in [2.24, 2.45) is 0 Å². The van der Waals surface area contributed by atoms with Gasteiger partial charge in [-0.15, -0.1) is 0 Å². The van der Waals surface area contributed by atoms with Gasteiger partial charge in [0, 0.05) is 31.2 Å². The molecule has 0 saturated carbocycles. The van der Waals surface area contributed by atoms with Crippen molar-refractivity contribution in [3.8, 4) is 0 Å². The maximum Gasteiger partial charge on any atom is 0.490 e. The molecule has 1 aliphatic heterocycles. The Bertz CT molecular complexity index is 1180. The first-order chi connectivity index (χ1) is 15.6. The molecule has 4 N–H and O–H groups in total. The van der Waals surface area contributed by atoms with Gasteiger partial charge in [0.1, 0.15) is 0 Å². The number of aliphatic carboxylic acids is 1. The Morgan fingerprint density at radius 1 is 1.12 bits per heavy atom. The first-order valence-corrected chi connectivity index (χ1v) is 10.2. The van der Waals surface area contributed by atoms with Gasteiger partial charge in [0.2, 0.25) is 0 Å². The summed E-state index contributed by atoms with van der Waals surface area (Å²) in [4.78, 5) is 35.3. The van der Waals surface area contributed by atoms with Crippen molar-refractivity contribution in [1.29, 1.82) is 0 Å². The number of alkyl halides is 3. The molecule has 2 heterocycles. The van der Waals surface area contributed by atoms with Gasteiger partial charge in [0.25, 0.3) is 11.5 Å². The molecule has 1 unspecified atom stereocenters. The van der Waals surface area contributed by atoms with Gasteiger partial charge in [-0.1, -0.05) is 31.2 Å². The van der Waals surface area contributed by atoms with Gasteiger partial charge in [-0.2, -0.15) is 13.2 Å². The zero-order valence-corrected chi connectivity index (χ0v) is 17.7. The van der Waals surface area contributed by atoms with Crippen LogP contribution in [0.5, 0.6) is 0 Å². The number of piperazine rings is 1. The summed E-state index contributed by atoms with van der Waals surface area (Å²) in [6.45, 7) is 4.20. The fourth-order valence-corrected chi connectivity index (χ4v) is 3.50. The summed E-state index contributed by atoms with van der Waals surface area (Å²) < 4.78 is 31.7. The molecule has 1 aromatic heterocycles. The molecule has 1 fully saturated rings. The van der Waals surface area contributed by atoms with Crippen molar-refractivity contribution in [3.05, 3.63) is 69.5 Å². The summed E-state index contributed by atoms with van der Waals surface area (Å²) in [6, 6.07) is 13.9. The molecule has 0 bridgehead atoms. The number of carboxylic acids is 1. The average molecular weight is 464 g/mol. The minimum absolute atomic E-state index is 0.00868. The average Bonchev–Trinajstić information content (AvgIpc) is 3.18. The van der Waals surface area contributed by atoms with Gasteiger partial charge in [-0.25, -0.2) is 4.79 Å². The van der Waals surface area contributed by atoms with E-state index in [4.69, 9.17) is 9.90 Å². The lowest BCUT2D eigenvalue weighted by molar-refractivity contribution is -0.192. The third-order valence-corrected chi connectivity index (χ3v) is 5.32. The second-order valence-corrected chi connectivity index (χ2v) is 7.50. The van der Waals surface area contributed by atoms with E-state index in [0.29, 0.717) is 29.6 Å². The largest absolute Gasteiger partial charge is 0.490 e. The van der Waals surface area contributed by atoms with Gasteiger partial charge in [-0.05, 0) is 35.7 Å². The zero-order chi connectivity index (χ0) is 24.2. The van der Waals surface area contributed by atoms with E-state index < -0.39 is 12.1 Å². The molecular formula is C22H23F3N4O4. The quantitative estimate of drug-likeness (QED) is 0.476. The van der Waals surface area contributed by atoms with Crippen molar-refractivity contribution in [3.63, 3.8) is 0 Å². The smallest absolute Gasteiger partial charge is 0.475 e. The predicted octanol–water partition coefficient (Wildman–Crippen LogP) is 2.84. The first-order valence-electron chi connectivity index (χ1n) is 10.2. The number of benzene rings is 2. The lowest BCUT2D eigenvalue weighted by atomic mass is 10.0. The zero-order valence-electron chi connectivity index (χ0n) is 17.7. The Kier molecular flexibility index (Phi) is 7.22. The van der Waals surface area contributed by atoms with Crippen molar-refractivity contribution in [2.45, 2.75) is 25.6 Å².